The van der Waals surface area contributed by atoms with Gasteiger partial charge in [-0.15, -0.1) is 0 Å². The first kappa shape index (κ1) is 15.0. The van der Waals surface area contributed by atoms with Gasteiger partial charge in [-0.1, -0.05) is 53.2 Å². The van der Waals surface area contributed by atoms with E-state index in [9.17, 15) is 4.79 Å². The van der Waals surface area contributed by atoms with Crippen molar-refractivity contribution in [3.05, 3.63) is 71.6 Å². The first-order valence-electron chi connectivity index (χ1n) is 7.40. The normalized spacial score (nSPS) is 11.9. The molecule has 5 heteroatoms. The summed E-state index contributed by atoms with van der Waals surface area (Å²) in [4.78, 5) is 16.6. The maximum Gasteiger partial charge on any atom is 0.251 e. The Kier molecular flexibility index (Phi) is 4.19. The van der Waals surface area contributed by atoms with Crippen LogP contribution in [0, 0.1) is 6.92 Å². The minimum atomic E-state index is -0.368. The molecule has 0 unspecified atom stereocenters. The van der Waals surface area contributed by atoms with E-state index in [2.05, 4.69) is 15.5 Å². The fraction of sp³-hybridized carbons (Fsp3) is 0.167. The summed E-state index contributed by atoms with van der Waals surface area (Å²) in [6.07, 6.45) is 0. The van der Waals surface area contributed by atoms with E-state index in [0.717, 1.165) is 11.1 Å². The molecular weight excluding hydrogens is 290 g/mol. The van der Waals surface area contributed by atoms with Gasteiger partial charge in [-0.05, 0) is 26.0 Å². The third-order valence-corrected chi connectivity index (χ3v) is 3.47. The van der Waals surface area contributed by atoms with Crippen LogP contribution < -0.4 is 5.32 Å². The van der Waals surface area contributed by atoms with Gasteiger partial charge in [-0.3, -0.25) is 4.79 Å². The average molecular weight is 307 g/mol. The molecule has 0 saturated carbocycles. The molecule has 0 aliphatic carbocycles. The maximum atomic E-state index is 12.3. The van der Waals surface area contributed by atoms with Gasteiger partial charge in [-0.25, -0.2) is 0 Å². The predicted octanol–water partition coefficient (Wildman–Crippen LogP) is 3.54. The lowest BCUT2D eigenvalue weighted by atomic mass is 10.1. The number of nitrogens with zero attached hydrogens (tertiary/aromatic N) is 2. The van der Waals surface area contributed by atoms with Crippen molar-refractivity contribution in [2.45, 2.75) is 19.9 Å². The van der Waals surface area contributed by atoms with E-state index in [1.807, 2.05) is 62.4 Å². The molecule has 1 N–H and O–H groups in total. The zero-order valence-corrected chi connectivity index (χ0v) is 13.0. The maximum absolute atomic E-state index is 12.3. The number of nitrogens with one attached hydrogen (secondary N) is 1. The lowest BCUT2D eigenvalue weighted by Crippen LogP contribution is -2.26. The summed E-state index contributed by atoms with van der Waals surface area (Å²) < 4.78 is 5.27. The number of hydrogen-bond donors (Lipinski definition) is 1. The highest BCUT2D eigenvalue weighted by molar-refractivity contribution is 5.94. The summed E-state index contributed by atoms with van der Waals surface area (Å²) in [5.41, 5.74) is 2.52. The van der Waals surface area contributed by atoms with E-state index >= 15 is 0 Å². The van der Waals surface area contributed by atoms with Crippen LogP contribution in [0.2, 0.25) is 0 Å². The first-order chi connectivity index (χ1) is 11.1. The number of carbonyl (C=O) groups is 1. The van der Waals surface area contributed by atoms with Crippen molar-refractivity contribution in [3.8, 4) is 11.4 Å². The average Bonchev–Trinajstić information content (AvgIpc) is 3.06. The molecule has 0 bridgehead atoms. The van der Waals surface area contributed by atoms with Crippen LogP contribution in [0.25, 0.3) is 11.4 Å². The van der Waals surface area contributed by atoms with Gasteiger partial charge in [0.1, 0.15) is 6.04 Å². The third-order valence-electron chi connectivity index (χ3n) is 3.47. The molecule has 1 amide bonds. The second-order valence-electron chi connectivity index (χ2n) is 5.39. The largest absolute Gasteiger partial charge is 0.341 e. The number of aryl methyl sites for hydroxylation is 1. The van der Waals surface area contributed by atoms with Crippen LogP contribution in [0.15, 0.2) is 59.1 Å². The molecule has 23 heavy (non-hydrogen) atoms. The molecule has 0 saturated heterocycles. The Hall–Kier alpha value is -2.95. The quantitative estimate of drug-likeness (QED) is 0.800. The van der Waals surface area contributed by atoms with Gasteiger partial charge in [0.15, 0.2) is 0 Å². The fourth-order valence-electron chi connectivity index (χ4n) is 2.24. The molecule has 3 aromatic rings. The smallest absolute Gasteiger partial charge is 0.251 e. The van der Waals surface area contributed by atoms with E-state index in [4.69, 9.17) is 4.52 Å². The molecule has 5 nitrogen and oxygen atoms in total. The molecule has 1 heterocycles. The van der Waals surface area contributed by atoms with Crippen molar-refractivity contribution in [2.75, 3.05) is 0 Å². The second kappa shape index (κ2) is 6.44. The molecule has 0 fully saturated rings. The van der Waals surface area contributed by atoms with Crippen molar-refractivity contribution < 1.29 is 9.32 Å². The van der Waals surface area contributed by atoms with Gasteiger partial charge >= 0.3 is 0 Å². The van der Waals surface area contributed by atoms with Crippen LogP contribution in [0.4, 0.5) is 0 Å². The Labute approximate surface area is 134 Å². The Balaban J connectivity index is 1.73. The van der Waals surface area contributed by atoms with Crippen LogP contribution >= 0.6 is 0 Å². The molecule has 0 spiro atoms. The molecule has 0 radical (unpaired) electrons. The van der Waals surface area contributed by atoms with Crippen molar-refractivity contribution in [1.82, 2.24) is 15.5 Å². The van der Waals surface area contributed by atoms with Gasteiger partial charge in [0, 0.05) is 11.1 Å². The van der Waals surface area contributed by atoms with E-state index in [0.29, 0.717) is 17.3 Å². The number of aromatic nitrogens is 2. The highest BCUT2D eigenvalue weighted by atomic mass is 16.5. The van der Waals surface area contributed by atoms with Crippen molar-refractivity contribution in [2.24, 2.45) is 0 Å². The summed E-state index contributed by atoms with van der Waals surface area (Å²) >= 11 is 0. The molecule has 1 atom stereocenters. The second-order valence-corrected chi connectivity index (χ2v) is 5.39. The van der Waals surface area contributed by atoms with Gasteiger partial charge in [-0.2, -0.15) is 4.98 Å². The Morgan fingerprint density at radius 2 is 1.91 bits per heavy atom. The molecular formula is C18H17N3O2. The monoisotopic (exact) mass is 307 g/mol. The van der Waals surface area contributed by atoms with Crippen LogP contribution in [-0.4, -0.2) is 16.0 Å². The number of amides is 1. The number of rotatable bonds is 4. The van der Waals surface area contributed by atoms with Crippen molar-refractivity contribution >= 4 is 5.91 Å². The Morgan fingerprint density at radius 3 is 2.65 bits per heavy atom. The summed E-state index contributed by atoms with van der Waals surface area (Å²) in [5, 5.41) is 6.83. The summed E-state index contributed by atoms with van der Waals surface area (Å²) in [7, 11) is 0. The number of benzene rings is 2. The number of carbonyl (C=O) groups excluding carboxylic acids is 1. The highest BCUT2D eigenvalue weighted by Crippen LogP contribution is 2.18. The Morgan fingerprint density at radius 1 is 1.13 bits per heavy atom. The third kappa shape index (κ3) is 3.45. The van der Waals surface area contributed by atoms with Gasteiger partial charge in [0.05, 0.1) is 0 Å². The summed E-state index contributed by atoms with van der Waals surface area (Å²) in [5.74, 6) is 0.725. The lowest BCUT2D eigenvalue weighted by molar-refractivity contribution is 0.0932. The lowest BCUT2D eigenvalue weighted by Gasteiger charge is -2.09. The van der Waals surface area contributed by atoms with E-state index in [-0.39, 0.29) is 11.9 Å². The van der Waals surface area contributed by atoms with Crippen molar-refractivity contribution in [1.29, 1.82) is 0 Å². The number of hydrogen-bond acceptors (Lipinski definition) is 4. The summed E-state index contributed by atoms with van der Waals surface area (Å²) in [6.45, 7) is 3.76. The van der Waals surface area contributed by atoms with Gasteiger partial charge < -0.3 is 9.84 Å². The van der Waals surface area contributed by atoms with E-state index in [1.54, 1.807) is 6.07 Å². The minimum absolute atomic E-state index is 0.166. The fourth-order valence-corrected chi connectivity index (χ4v) is 2.24. The SMILES string of the molecule is Cc1cccc(C(=O)N[C@H](C)c2nc(-c3ccccc3)no2)c1. The van der Waals surface area contributed by atoms with Crippen molar-refractivity contribution in [3.63, 3.8) is 0 Å². The van der Waals surface area contributed by atoms with Crippen LogP contribution in [0.1, 0.15) is 34.8 Å². The van der Waals surface area contributed by atoms with Crippen LogP contribution in [-0.2, 0) is 0 Å². The molecule has 0 aliphatic rings. The molecule has 1 aromatic heterocycles. The first-order valence-corrected chi connectivity index (χ1v) is 7.40. The molecule has 116 valence electrons. The zero-order valence-electron chi connectivity index (χ0n) is 13.0. The van der Waals surface area contributed by atoms with Gasteiger partial charge in [0.25, 0.3) is 5.91 Å². The standard InChI is InChI=1S/C18H17N3O2/c1-12-7-6-10-15(11-12)17(22)19-13(2)18-20-16(21-23-18)14-8-4-3-5-9-14/h3-11,13H,1-2H3,(H,19,22)/t13-/m1/s1. The minimum Gasteiger partial charge on any atom is -0.341 e. The predicted molar refractivity (Wildman–Crippen MR) is 86.8 cm³/mol. The van der Waals surface area contributed by atoms with E-state index in [1.165, 1.54) is 0 Å². The summed E-state index contributed by atoms with van der Waals surface area (Å²) in [6, 6.07) is 16.6. The zero-order chi connectivity index (χ0) is 16.2. The van der Waals surface area contributed by atoms with E-state index < -0.39 is 0 Å². The molecule has 3 rings (SSSR count). The molecule has 2 aromatic carbocycles. The van der Waals surface area contributed by atoms with Crippen LogP contribution in [0.5, 0.6) is 0 Å². The van der Waals surface area contributed by atoms with Crippen LogP contribution in [0.3, 0.4) is 0 Å². The van der Waals surface area contributed by atoms with Gasteiger partial charge in [0.2, 0.25) is 11.7 Å². The topological polar surface area (TPSA) is 68.0 Å². The highest BCUT2D eigenvalue weighted by Gasteiger charge is 2.18. The molecule has 0 aliphatic heterocycles. The Bertz CT molecular complexity index is 812.